The van der Waals surface area contributed by atoms with Crippen molar-refractivity contribution >= 4 is 5.97 Å². The van der Waals surface area contributed by atoms with Crippen molar-refractivity contribution < 1.29 is 14.6 Å². The fourth-order valence-corrected chi connectivity index (χ4v) is 2.16. The van der Waals surface area contributed by atoms with E-state index in [1.807, 2.05) is 12.1 Å². The normalized spacial score (nSPS) is 21.4. The second-order valence-corrected chi connectivity index (χ2v) is 4.75. The number of ether oxygens (including phenoxy) is 1. The summed E-state index contributed by atoms with van der Waals surface area (Å²) in [5, 5.41) is 8.85. The Morgan fingerprint density at radius 3 is 2.71 bits per heavy atom. The molecule has 1 heterocycles. The van der Waals surface area contributed by atoms with Gasteiger partial charge in [-0.25, -0.2) is 0 Å². The van der Waals surface area contributed by atoms with Crippen LogP contribution in [0.3, 0.4) is 0 Å². The van der Waals surface area contributed by atoms with Gasteiger partial charge in [-0.05, 0) is 24.0 Å². The first kappa shape index (κ1) is 12.1. The van der Waals surface area contributed by atoms with Crippen molar-refractivity contribution in [2.24, 2.45) is 5.92 Å². The highest BCUT2D eigenvalue weighted by molar-refractivity contribution is 5.69. The molecule has 2 atom stereocenters. The van der Waals surface area contributed by atoms with Crippen molar-refractivity contribution in [1.29, 1.82) is 0 Å². The predicted octanol–water partition coefficient (Wildman–Crippen LogP) is 2.45. The third kappa shape index (κ3) is 3.07. The Balaban J connectivity index is 2.00. The third-order valence-electron chi connectivity index (χ3n) is 3.34. The van der Waals surface area contributed by atoms with Crippen molar-refractivity contribution in [3.05, 3.63) is 35.4 Å². The van der Waals surface area contributed by atoms with Crippen LogP contribution in [-0.2, 0) is 16.0 Å². The van der Waals surface area contributed by atoms with E-state index in [2.05, 4.69) is 12.1 Å². The lowest BCUT2D eigenvalue weighted by atomic mass is 9.95. The molecular formula is C14H18O3. The van der Waals surface area contributed by atoms with Crippen LogP contribution in [0.1, 0.15) is 30.4 Å². The molecule has 2 unspecified atom stereocenters. The van der Waals surface area contributed by atoms with Gasteiger partial charge in [-0.2, -0.15) is 0 Å². The fourth-order valence-electron chi connectivity index (χ4n) is 2.16. The zero-order chi connectivity index (χ0) is 12.3. The highest BCUT2D eigenvalue weighted by Crippen LogP contribution is 2.25. The molecule has 1 fully saturated rings. The average Bonchev–Trinajstić information content (AvgIpc) is 2.83. The molecule has 17 heavy (non-hydrogen) atoms. The molecule has 0 spiro atoms. The van der Waals surface area contributed by atoms with Gasteiger partial charge >= 0.3 is 5.97 Å². The molecule has 0 bridgehead atoms. The third-order valence-corrected chi connectivity index (χ3v) is 3.34. The maximum absolute atomic E-state index is 10.8. The number of rotatable bonds is 4. The topological polar surface area (TPSA) is 46.5 Å². The summed E-state index contributed by atoms with van der Waals surface area (Å²) in [6, 6.07) is 8.27. The molecular weight excluding hydrogens is 216 g/mol. The van der Waals surface area contributed by atoms with Crippen molar-refractivity contribution in [2.75, 3.05) is 13.2 Å². The molecule has 0 saturated carbocycles. The van der Waals surface area contributed by atoms with Crippen LogP contribution < -0.4 is 0 Å². The first-order chi connectivity index (χ1) is 8.16. The molecule has 0 aliphatic carbocycles. The van der Waals surface area contributed by atoms with Crippen LogP contribution in [0.25, 0.3) is 0 Å². The molecule has 0 aromatic heterocycles. The summed E-state index contributed by atoms with van der Waals surface area (Å²) in [7, 11) is 0. The lowest BCUT2D eigenvalue weighted by Crippen LogP contribution is -2.12. The molecule has 1 saturated heterocycles. The first-order valence-electron chi connectivity index (χ1n) is 6.06. The molecule has 92 valence electrons. The second-order valence-electron chi connectivity index (χ2n) is 4.75. The van der Waals surface area contributed by atoms with E-state index in [9.17, 15) is 4.79 Å². The van der Waals surface area contributed by atoms with Crippen molar-refractivity contribution in [2.45, 2.75) is 25.7 Å². The van der Waals surface area contributed by atoms with Gasteiger partial charge in [0.2, 0.25) is 0 Å². The Kier molecular flexibility index (Phi) is 3.79. The number of benzene rings is 1. The van der Waals surface area contributed by atoms with Crippen LogP contribution in [0.4, 0.5) is 0 Å². The summed E-state index contributed by atoms with van der Waals surface area (Å²) in [6.45, 7) is 3.40. The van der Waals surface area contributed by atoms with Crippen LogP contribution >= 0.6 is 0 Å². The number of carbonyl (C=O) groups is 1. The second kappa shape index (κ2) is 5.32. The molecule has 1 aromatic carbocycles. The predicted molar refractivity (Wildman–Crippen MR) is 65.1 cm³/mol. The van der Waals surface area contributed by atoms with Gasteiger partial charge in [-0.3, -0.25) is 4.79 Å². The summed E-state index contributed by atoms with van der Waals surface area (Å²) in [6.07, 6.45) is 1.68. The van der Waals surface area contributed by atoms with Crippen molar-refractivity contribution in [1.82, 2.24) is 0 Å². The minimum absolute atomic E-state index is 0.323. The minimum Gasteiger partial charge on any atom is -0.481 e. The summed E-state index contributed by atoms with van der Waals surface area (Å²) in [5.41, 5.74) is 2.39. The molecule has 3 nitrogen and oxygen atoms in total. The number of hydrogen-bond donors (Lipinski definition) is 1. The van der Waals surface area contributed by atoms with Crippen LogP contribution in [0.5, 0.6) is 0 Å². The summed E-state index contributed by atoms with van der Waals surface area (Å²) < 4.78 is 5.36. The summed E-state index contributed by atoms with van der Waals surface area (Å²) in [4.78, 5) is 10.8. The Labute approximate surface area is 101 Å². The van der Waals surface area contributed by atoms with Gasteiger partial charge in [0.25, 0.3) is 0 Å². The maximum atomic E-state index is 10.8. The quantitative estimate of drug-likeness (QED) is 0.870. The highest BCUT2D eigenvalue weighted by Gasteiger charge is 2.17. The lowest BCUT2D eigenvalue weighted by molar-refractivity contribution is -0.141. The smallest absolute Gasteiger partial charge is 0.306 e. The maximum Gasteiger partial charge on any atom is 0.306 e. The van der Waals surface area contributed by atoms with Gasteiger partial charge in [0.05, 0.1) is 12.5 Å². The van der Waals surface area contributed by atoms with E-state index in [1.165, 1.54) is 5.56 Å². The van der Waals surface area contributed by atoms with E-state index < -0.39 is 5.97 Å². The molecule has 1 aliphatic rings. The molecule has 0 radical (unpaired) electrons. The first-order valence-corrected chi connectivity index (χ1v) is 6.06. The Hall–Kier alpha value is -1.35. The molecule has 0 amide bonds. The van der Waals surface area contributed by atoms with E-state index in [0.29, 0.717) is 12.3 Å². The SMILES string of the molecule is CC(Cc1ccc(C2CCOC2)cc1)C(=O)O. The van der Waals surface area contributed by atoms with Crippen molar-refractivity contribution in [3.63, 3.8) is 0 Å². The van der Waals surface area contributed by atoms with E-state index in [-0.39, 0.29) is 5.92 Å². The van der Waals surface area contributed by atoms with Crippen molar-refractivity contribution in [3.8, 4) is 0 Å². The summed E-state index contributed by atoms with van der Waals surface area (Å²) in [5.74, 6) is -0.546. The largest absolute Gasteiger partial charge is 0.481 e. The Morgan fingerprint density at radius 1 is 1.47 bits per heavy atom. The van der Waals surface area contributed by atoms with Gasteiger partial charge in [-0.1, -0.05) is 31.2 Å². The van der Waals surface area contributed by atoms with E-state index in [0.717, 1.165) is 25.2 Å². The zero-order valence-electron chi connectivity index (χ0n) is 10.1. The molecule has 1 aromatic rings. The Bertz CT molecular complexity index is 377. The lowest BCUT2D eigenvalue weighted by Gasteiger charge is -2.10. The van der Waals surface area contributed by atoms with Gasteiger partial charge in [0, 0.05) is 12.5 Å². The number of carboxylic acids is 1. The van der Waals surface area contributed by atoms with Crippen LogP contribution in [0.15, 0.2) is 24.3 Å². The monoisotopic (exact) mass is 234 g/mol. The Morgan fingerprint density at radius 2 is 2.18 bits per heavy atom. The van der Waals surface area contributed by atoms with Crippen LogP contribution in [-0.4, -0.2) is 24.3 Å². The van der Waals surface area contributed by atoms with E-state index in [1.54, 1.807) is 6.92 Å². The van der Waals surface area contributed by atoms with E-state index >= 15 is 0 Å². The zero-order valence-corrected chi connectivity index (χ0v) is 10.1. The fraction of sp³-hybridized carbons (Fsp3) is 0.500. The van der Waals surface area contributed by atoms with Gasteiger partial charge < -0.3 is 9.84 Å². The van der Waals surface area contributed by atoms with Gasteiger partial charge in [-0.15, -0.1) is 0 Å². The standard InChI is InChI=1S/C14H18O3/c1-10(14(15)16)8-11-2-4-12(5-3-11)13-6-7-17-9-13/h2-5,10,13H,6-9H2,1H3,(H,15,16). The average molecular weight is 234 g/mol. The summed E-state index contributed by atoms with van der Waals surface area (Å²) >= 11 is 0. The number of hydrogen-bond acceptors (Lipinski definition) is 2. The van der Waals surface area contributed by atoms with Crippen LogP contribution in [0.2, 0.25) is 0 Å². The minimum atomic E-state index is -0.738. The van der Waals surface area contributed by atoms with Gasteiger partial charge in [0.1, 0.15) is 0 Å². The number of aliphatic carboxylic acids is 1. The molecule has 1 aliphatic heterocycles. The van der Waals surface area contributed by atoms with Gasteiger partial charge in [0.15, 0.2) is 0 Å². The highest BCUT2D eigenvalue weighted by atomic mass is 16.5. The van der Waals surface area contributed by atoms with E-state index in [4.69, 9.17) is 9.84 Å². The number of carboxylic acid groups (broad SMARTS) is 1. The molecule has 3 heteroatoms. The molecule has 2 rings (SSSR count). The van der Waals surface area contributed by atoms with Crippen LogP contribution in [0, 0.1) is 5.92 Å². The molecule has 1 N–H and O–H groups in total.